The summed E-state index contributed by atoms with van der Waals surface area (Å²) in [7, 11) is 0. The van der Waals surface area contributed by atoms with E-state index in [0.29, 0.717) is 28.5 Å². The van der Waals surface area contributed by atoms with Crippen molar-refractivity contribution in [3.8, 4) is 5.75 Å². The molecule has 0 saturated carbocycles. The maximum atomic E-state index is 12.6. The largest absolute Gasteiger partial charge is 0.435 e. The molecule has 11 heteroatoms. The van der Waals surface area contributed by atoms with Crippen molar-refractivity contribution >= 4 is 12.1 Å². The van der Waals surface area contributed by atoms with E-state index in [0.717, 1.165) is 0 Å². The second kappa shape index (κ2) is 8.43. The van der Waals surface area contributed by atoms with E-state index in [9.17, 15) is 31.5 Å². The highest BCUT2D eigenvalue weighted by atomic mass is 19.4. The molecule has 0 unspecified atom stereocenters. The summed E-state index contributed by atoms with van der Waals surface area (Å²) in [6.07, 6.45) is -2.93. The van der Waals surface area contributed by atoms with Gasteiger partial charge in [0.05, 0.1) is 11.8 Å². The maximum absolute atomic E-state index is 12.6. The Bertz CT molecular complexity index is 876. The number of amides is 1. The number of hydrazone groups is 1. The third kappa shape index (κ3) is 6.20. The molecule has 0 fully saturated rings. The summed E-state index contributed by atoms with van der Waals surface area (Å²) in [4.78, 5) is 23.3. The molecular formula is C16H12F5N3O3. The van der Waals surface area contributed by atoms with Gasteiger partial charge in [0.1, 0.15) is 12.3 Å². The second-order valence-corrected chi connectivity index (χ2v) is 5.12. The molecule has 27 heavy (non-hydrogen) atoms. The highest BCUT2D eigenvalue weighted by Gasteiger charge is 2.31. The number of carbonyl (C=O) groups excluding carboxylic acids is 1. The fourth-order valence-corrected chi connectivity index (χ4v) is 1.93. The van der Waals surface area contributed by atoms with Crippen LogP contribution in [0.1, 0.15) is 11.1 Å². The van der Waals surface area contributed by atoms with Crippen molar-refractivity contribution in [3.05, 3.63) is 64.1 Å². The molecule has 0 bridgehead atoms. The number of benzene rings is 1. The lowest BCUT2D eigenvalue weighted by Crippen LogP contribution is -2.30. The third-order valence-corrected chi connectivity index (χ3v) is 3.13. The number of carbonyl (C=O) groups is 1. The summed E-state index contributed by atoms with van der Waals surface area (Å²) in [6.45, 7) is -3.62. The fraction of sp³-hybridized carbons (Fsp3) is 0.188. The van der Waals surface area contributed by atoms with Crippen molar-refractivity contribution in [1.29, 1.82) is 0 Å². The smallest absolute Gasteiger partial charge is 0.417 e. The number of nitrogens with zero attached hydrogens (tertiary/aromatic N) is 2. The number of hydrogen-bond acceptors (Lipinski definition) is 4. The average molecular weight is 389 g/mol. The average Bonchev–Trinajstić information content (AvgIpc) is 2.57. The van der Waals surface area contributed by atoms with Crippen LogP contribution in [-0.4, -0.2) is 23.3 Å². The van der Waals surface area contributed by atoms with Gasteiger partial charge in [-0.3, -0.25) is 9.59 Å². The minimum absolute atomic E-state index is 0.0601. The number of nitrogens with one attached hydrogen (secondary N) is 1. The normalized spacial score (nSPS) is 11.8. The molecule has 1 aromatic carbocycles. The van der Waals surface area contributed by atoms with Crippen LogP contribution >= 0.6 is 0 Å². The number of pyridine rings is 1. The molecule has 1 aromatic heterocycles. The lowest BCUT2D eigenvalue weighted by Gasteiger charge is -2.09. The zero-order valence-corrected chi connectivity index (χ0v) is 13.4. The molecule has 2 aromatic rings. The van der Waals surface area contributed by atoms with Crippen LogP contribution in [0.2, 0.25) is 0 Å². The van der Waals surface area contributed by atoms with Gasteiger partial charge in [-0.1, -0.05) is 0 Å². The van der Waals surface area contributed by atoms with E-state index in [-0.39, 0.29) is 5.75 Å². The molecule has 1 heterocycles. The van der Waals surface area contributed by atoms with Gasteiger partial charge in [0.15, 0.2) is 0 Å². The Morgan fingerprint density at radius 1 is 1.19 bits per heavy atom. The molecule has 0 aliphatic carbocycles. The predicted octanol–water partition coefficient (Wildman–Crippen LogP) is 2.62. The molecule has 0 saturated heterocycles. The lowest BCUT2D eigenvalue weighted by molar-refractivity contribution is -0.138. The van der Waals surface area contributed by atoms with Gasteiger partial charge in [0, 0.05) is 12.3 Å². The summed E-state index contributed by atoms with van der Waals surface area (Å²) in [6, 6.07) is 6.64. The van der Waals surface area contributed by atoms with E-state index in [1.165, 1.54) is 30.5 Å². The van der Waals surface area contributed by atoms with E-state index in [2.05, 4.69) is 15.3 Å². The van der Waals surface area contributed by atoms with Crippen molar-refractivity contribution in [2.45, 2.75) is 19.3 Å². The molecular weight excluding hydrogens is 377 g/mol. The molecule has 6 nitrogen and oxygen atoms in total. The van der Waals surface area contributed by atoms with Gasteiger partial charge >= 0.3 is 12.8 Å². The molecule has 0 atom stereocenters. The summed E-state index contributed by atoms with van der Waals surface area (Å²) in [5.74, 6) is -0.888. The van der Waals surface area contributed by atoms with E-state index in [4.69, 9.17) is 0 Å². The van der Waals surface area contributed by atoms with Crippen LogP contribution in [0.15, 0.2) is 52.5 Å². The highest BCUT2D eigenvalue weighted by molar-refractivity contribution is 5.82. The SMILES string of the molecule is O=C(Cn1cc(C(F)(F)F)ccc1=O)N/N=C/c1ccc(OC(F)F)cc1. The van der Waals surface area contributed by atoms with E-state index in [1.807, 2.05) is 0 Å². The van der Waals surface area contributed by atoms with Gasteiger partial charge in [-0.05, 0) is 35.9 Å². The van der Waals surface area contributed by atoms with Crippen LogP contribution in [-0.2, 0) is 17.5 Å². The number of aromatic nitrogens is 1. The third-order valence-electron chi connectivity index (χ3n) is 3.13. The molecule has 1 N–H and O–H groups in total. The standard InChI is InChI=1S/C16H12F5N3O3/c17-15(18)27-12-4-1-10(2-5-12)7-22-23-13(25)9-24-8-11(16(19,20)21)3-6-14(24)26/h1-8,15H,9H2,(H,23,25)/b22-7+. The van der Waals surface area contributed by atoms with Gasteiger partial charge in [-0.15, -0.1) is 0 Å². The molecule has 0 radical (unpaired) electrons. The molecule has 1 amide bonds. The van der Waals surface area contributed by atoms with Gasteiger partial charge in [-0.25, -0.2) is 5.43 Å². The maximum Gasteiger partial charge on any atom is 0.417 e. The Kier molecular flexibility index (Phi) is 6.27. The number of alkyl halides is 5. The van der Waals surface area contributed by atoms with E-state index >= 15 is 0 Å². The molecule has 2 rings (SSSR count). The Hall–Kier alpha value is -3.24. The Labute approximate surface area is 148 Å². The summed E-state index contributed by atoms with van der Waals surface area (Å²) < 4.78 is 66.7. The zero-order valence-electron chi connectivity index (χ0n) is 13.4. The van der Waals surface area contributed by atoms with Crippen molar-refractivity contribution in [2.24, 2.45) is 5.10 Å². The van der Waals surface area contributed by atoms with Crippen LogP contribution in [0.4, 0.5) is 22.0 Å². The van der Waals surface area contributed by atoms with Crippen molar-refractivity contribution in [3.63, 3.8) is 0 Å². The van der Waals surface area contributed by atoms with Gasteiger partial charge in [0.2, 0.25) is 0 Å². The molecule has 144 valence electrons. The molecule has 0 spiro atoms. The monoisotopic (exact) mass is 389 g/mol. The topological polar surface area (TPSA) is 72.7 Å². The molecule has 0 aliphatic rings. The van der Waals surface area contributed by atoms with Gasteiger partial charge in [0.25, 0.3) is 11.5 Å². The first kappa shape index (κ1) is 20.1. The van der Waals surface area contributed by atoms with Crippen molar-refractivity contribution in [2.75, 3.05) is 0 Å². The van der Waals surface area contributed by atoms with Crippen LogP contribution in [0.3, 0.4) is 0 Å². The van der Waals surface area contributed by atoms with Crippen LogP contribution in [0.5, 0.6) is 5.75 Å². The summed E-state index contributed by atoms with van der Waals surface area (Å²) in [5, 5.41) is 3.58. The fourth-order valence-electron chi connectivity index (χ4n) is 1.93. The minimum Gasteiger partial charge on any atom is -0.435 e. The van der Waals surface area contributed by atoms with Gasteiger partial charge in [-0.2, -0.15) is 27.1 Å². The Morgan fingerprint density at radius 3 is 2.44 bits per heavy atom. The first-order valence-corrected chi connectivity index (χ1v) is 7.29. The molecule has 0 aliphatic heterocycles. The van der Waals surface area contributed by atoms with E-state index < -0.39 is 36.4 Å². The Balaban J connectivity index is 1.96. The highest BCUT2D eigenvalue weighted by Crippen LogP contribution is 2.27. The number of ether oxygens (including phenoxy) is 1. The summed E-state index contributed by atoms with van der Waals surface area (Å²) in [5.41, 5.74) is 0.642. The first-order chi connectivity index (χ1) is 12.6. The van der Waals surface area contributed by atoms with Crippen LogP contribution in [0, 0.1) is 0 Å². The van der Waals surface area contributed by atoms with Crippen LogP contribution < -0.4 is 15.7 Å². The van der Waals surface area contributed by atoms with Crippen molar-refractivity contribution in [1.82, 2.24) is 9.99 Å². The second-order valence-electron chi connectivity index (χ2n) is 5.12. The first-order valence-electron chi connectivity index (χ1n) is 7.29. The van der Waals surface area contributed by atoms with Gasteiger partial charge < -0.3 is 9.30 Å². The predicted molar refractivity (Wildman–Crippen MR) is 84.5 cm³/mol. The minimum atomic E-state index is -4.65. The van der Waals surface area contributed by atoms with Crippen LogP contribution in [0.25, 0.3) is 0 Å². The zero-order chi connectivity index (χ0) is 20.0. The Morgan fingerprint density at radius 2 is 1.85 bits per heavy atom. The quantitative estimate of drug-likeness (QED) is 0.469. The summed E-state index contributed by atoms with van der Waals surface area (Å²) >= 11 is 0. The number of rotatable bonds is 6. The number of halogens is 5. The van der Waals surface area contributed by atoms with Crippen molar-refractivity contribution < 1.29 is 31.5 Å². The van der Waals surface area contributed by atoms with E-state index in [1.54, 1.807) is 0 Å². The number of hydrogen-bond donors (Lipinski definition) is 1. The lowest BCUT2D eigenvalue weighted by atomic mass is 10.2.